The highest BCUT2D eigenvalue weighted by Crippen LogP contribution is 2.33. The van der Waals surface area contributed by atoms with Crippen LogP contribution in [0.1, 0.15) is 5.56 Å². The second-order valence-corrected chi connectivity index (χ2v) is 4.44. The summed E-state index contributed by atoms with van der Waals surface area (Å²) in [5.41, 5.74) is 4.39. The summed E-state index contributed by atoms with van der Waals surface area (Å²) in [6, 6.07) is 9.87. The Morgan fingerprint density at radius 1 is 1.17 bits per heavy atom. The van der Waals surface area contributed by atoms with Crippen molar-refractivity contribution in [2.75, 3.05) is 0 Å². The number of aromatic amines is 1. The molecule has 3 rings (SSSR count). The molecule has 2 heterocycles. The van der Waals surface area contributed by atoms with E-state index >= 15 is 0 Å². The second kappa shape index (κ2) is 5.01. The Hall–Kier alpha value is -1.51. The van der Waals surface area contributed by atoms with Crippen LogP contribution < -0.4 is 0 Å². The Morgan fingerprint density at radius 2 is 2.00 bits per heavy atom. The maximum Gasteiger partial charge on any atom is 0.0510 e. The molecule has 2 nitrogen and oxygen atoms in total. The molecular formula is C14H12Cl2N2. The highest BCUT2D eigenvalue weighted by Gasteiger charge is 2.11. The summed E-state index contributed by atoms with van der Waals surface area (Å²) >= 11 is 6.23. The molecule has 0 bridgehead atoms. The number of aromatic nitrogens is 2. The van der Waals surface area contributed by atoms with E-state index in [4.69, 9.17) is 11.6 Å². The Morgan fingerprint density at radius 3 is 2.67 bits per heavy atom. The average molecular weight is 279 g/mol. The standard InChI is InChI=1S/C14H11ClN2.ClH/c1-9-13-11(15)5-2-6-12(13)17-14(9)10-4-3-7-16-8-10;/h2-8,17H,1H3;1H. The molecule has 2 aromatic heterocycles. The SMILES string of the molecule is Cc1c(-c2cccnc2)[nH]c2cccc(Cl)c12.Cl. The van der Waals surface area contributed by atoms with Gasteiger partial charge < -0.3 is 4.98 Å². The summed E-state index contributed by atoms with van der Waals surface area (Å²) < 4.78 is 0. The Labute approximate surface area is 116 Å². The number of pyridine rings is 1. The molecule has 1 N–H and O–H groups in total. The average Bonchev–Trinajstić information content (AvgIpc) is 2.69. The van der Waals surface area contributed by atoms with E-state index in [1.807, 2.05) is 36.5 Å². The Bertz CT molecular complexity index is 675. The van der Waals surface area contributed by atoms with Crippen molar-refractivity contribution in [3.63, 3.8) is 0 Å². The lowest BCUT2D eigenvalue weighted by Gasteiger charge is -1.99. The molecule has 92 valence electrons. The van der Waals surface area contributed by atoms with Gasteiger partial charge in [0.25, 0.3) is 0 Å². The first-order chi connectivity index (χ1) is 8.27. The van der Waals surface area contributed by atoms with Crippen molar-refractivity contribution in [2.45, 2.75) is 6.92 Å². The van der Waals surface area contributed by atoms with Crippen molar-refractivity contribution in [1.29, 1.82) is 0 Å². The molecule has 0 aliphatic rings. The third-order valence-electron chi connectivity index (χ3n) is 2.97. The number of rotatable bonds is 1. The lowest BCUT2D eigenvalue weighted by molar-refractivity contribution is 1.30. The highest BCUT2D eigenvalue weighted by atomic mass is 35.5. The van der Waals surface area contributed by atoms with E-state index in [0.717, 1.165) is 27.2 Å². The molecule has 0 unspecified atom stereocenters. The number of hydrogen-bond donors (Lipinski definition) is 1. The van der Waals surface area contributed by atoms with Gasteiger partial charge in [0.15, 0.2) is 0 Å². The zero-order valence-electron chi connectivity index (χ0n) is 9.77. The summed E-state index contributed by atoms with van der Waals surface area (Å²) in [7, 11) is 0. The summed E-state index contributed by atoms with van der Waals surface area (Å²) in [4.78, 5) is 7.54. The van der Waals surface area contributed by atoms with Crippen LogP contribution in [0.4, 0.5) is 0 Å². The minimum absolute atomic E-state index is 0. The van der Waals surface area contributed by atoms with Gasteiger partial charge in [0.05, 0.1) is 10.7 Å². The van der Waals surface area contributed by atoms with Gasteiger partial charge in [-0.15, -0.1) is 12.4 Å². The highest BCUT2D eigenvalue weighted by molar-refractivity contribution is 6.35. The van der Waals surface area contributed by atoms with Crippen molar-refractivity contribution >= 4 is 34.9 Å². The number of hydrogen-bond acceptors (Lipinski definition) is 1. The molecule has 0 atom stereocenters. The number of fused-ring (bicyclic) bond motifs is 1. The van der Waals surface area contributed by atoms with Gasteiger partial charge in [0.1, 0.15) is 0 Å². The van der Waals surface area contributed by atoms with Gasteiger partial charge in [-0.2, -0.15) is 0 Å². The monoisotopic (exact) mass is 278 g/mol. The molecule has 4 heteroatoms. The molecule has 0 aliphatic carbocycles. The molecule has 0 fully saturated rings. The largest absolute Gasteiger partial charge is 0.354 e. The second-order valence-electron chi connectivity index (χ2n) is 4.03. The van der Waals surface area contributed by atoms with Gasteiger partial charge in [-0.1, -0.05) is 17.7 Å². The molecule has 0 amide bonds. The number of aryl methyl sites for hydroxylation is 1. The smallest absolute Gasteiger partial charge is 0.0510 e. The van der Waals surface area contributed by atoms with Crippen molar-refractivity contribution in [3.8, 4) is 11.3 Å². The third kappa shape index (κ3) is 1.98. The minimum Gasteiger partial charge on any atom is -0.354 e. The first-order valence-electron chi connectivity index (χ1n) is 5.44. The van der Waals surface area contributed by atoms with Crippen LogP contribution in [0.3, 0.4) is 0 Å². The van der Waals surface area contributed by atoms with Gasteiger partial charge in [-0.25, -0.2) is 0 Å². The fourth-order valence-electron chi connectivity index (χ4n) is 2.16. The van der Waals surface area contributed by atoms with Gasteiger partial charge >= 0.3 is 0 Å². The van der Waals surface area contributed by atoms with Crippen LogP contribution >= 0.6 is 24.0 Å². The molecular weight excluding hydrogens is 267 g/mol. The number of nitrogens with zero attached hydrogens (tertiary/aromatic N) is 1. The maximum atomic E-state index is 6.23. The van der Waals surface area contributed by atoms with Crippen LogP contribution in [-0.2, 0) is 0 Å². The van der Waals surface area contributed by atoms with Crippen molar-refractivity contribution < 1.29 is 0 Å². The Kier molecular flexibility index (Phi) is 3.60. The summed E-state index contributed by atoms with van der Waals surface area (Å²) in [6.45, 7) is 2.08. The van der Waals surface area contributed by atoms with Crippen molar-refractivity contribution in [2.24, 2.45) is 0 Å². The van der Waals surface area contributed by atoms with E-state index in [2.05, 4.69) is 16.9 Å². The van der Waals surface area contributed by atoms with Crippen LogP contribution in [-0.4, -0.2) is 9.97 Å². The third-order valence-corrected chi connectivity index (χ3v) is 3.29. The molecule has 18 heavy (non-hydrogen) atoms. The predicted molar refractivity (Wildman–Crippen MR) is 78.5 cm³/mol. The summed E-state index contributed by atoms with van der Waals surface area (Å²) in [5.74, 6) is 0. The van der Waals surface area contributed by atoms with Gasteiger partial charge in [-0.05, 0) is 36.8 Å². The van der Waals surface area contributed by atoms with Gasteiger partial charge in [-0.3, -0.25) is 4.98 Å². The quantitative estimate of drug-likeness (QED) is 0.692. The summed E-state index contributed by atoms with van der Waals surface area (Å²) in [5, 5.41) is 1.87. The first-order valence-corrected chi connectivity index (χ1v) is 5.82. The van der Waals surface area contributed by atoms with Crippen LogP contribution in [0.25, 0.3) is 22.2 Å². The fourth-order valence-corrected chi connectivity index (χ4v) is 2.48. The molecule has 0 saturated heterocycles. The van der Waals surface area contributed by atoms with Crippen molar-refractivity contribution in [3.05, 3.63) is 53.3 Å². The first kappa shape index (κ1) is 12.9. The van der Waals surface area contributed by atoms with E-state index in [1.54, 1.807) is 6.20 Å². The van der Waals surface area contributed by atoms with Gasteiger partial charge in [0.2, 0.25) is 0 Å². The summed E-state index contributed by atoms with van der Waals surface area (Å²) in [6.07, 6.45) is 3.63. The zero-order valence-corrected chi connectivity index (χ0v) is 11.3. The number of nitrogens with one attached hydrogen (secondary N) is 1. The number of benzene rings is 1. The molecule has 0 aliphatic heterocycles. The minimum atomic E-state index is 0. The van der Waals surface area contributed by atoms with Crippen LogP contribution in [0.15, 0.2) is 42.7 Å². The van der Waals surface area contributed by atoms with Crippen molar-refractivity contribution in [1.82, 2.24) is 9.97 Å². The normalized spacial score (nSPS) is 10.3. The van der Waals surface area contributed by atoms with E-state index in [1.165, 1.54) is 5.56 Å². The molecule has 0 radical (unpaired) electrons. The number of H-pyrrole nitrogens is 1. The number of halogens is 2. The van der Waals surface area contributed by atoms with E-state index in [9.17, 15) is 0 Å². The lowest BCUT2D eigenvalue weighted by Crippen LogP contribution is -1.81. The predicted octanol–water partition coefficient (Wildman–Crippen LogP) is 4.61. The molecule has 1 aromatic carbocycles. The van der Waals surface area contributed by atoms with Crippen LogP contribution in [0.5, 0.6) is 0 Å². The van der Waals surface area contributed by atoms with E-state index in [0.29, 0.717) is 0 Å². The molecule has 3 aromatic rings. The van der Waals surface area contributed by atoms with Crippen LogP contribution in [0, 0.1) is 6.92 Å². The zero-order chi connectivity index (χ0) is 11.8. The van der Waals surface area contributed by atoms with E-state index < -0.39 is 0 Å². The lowest BCUT2D eigenvalue weighted by atomic mass is 10.1. The van der Waals surface area contributed by atoms with Gasteiger partial charge in [0, 0.05) is 28.9 Å². The van der Waals surface area contributed by atoms with E-state index in [-0.39, 0.29) is 12.4 Å². The van der Waals surface area contributed by atoms with Crippen LogP contribution in [0.2, 0.25) is 5.02 Å². The topological polar surface area (TPSA) is 28.7 Å². The fraction of sp³-hybridized carbons (Fsp3) is 0.0714. The molecule has 0 spiro atoms. The maximum absolute atomic E-state index is 6.23. The molecule has 0 saturated carbocycles. The Balaban J connectivity index is 0.00000120.